The van der Waals surface area contributed by atoms with Crippen LogP contribution in [-0.2, 0) is 4.79 Å². The molecule has 1 heterocycles. The fourth-order valence-electron chi connectivity index (χ4n) is 3.28. The van der Waals surface area contributed by atoms with E-state index in [0.717, 1.165) is 42.8 Å². The largest absolute Gasteiger partial charge is 1.00 e. The molecular weight excluding hydrogens is 348 g/mol. The van der Waals surface area contributed by atoms with Gasteiger partial charge in [-0.25, -0.2) is 0 Å². The molecule has 5 heteroatoms. The Morgan fingerprint density at radius 3 is 2.42 bits per heavy atom. The maximum absolute atomic E-state index is 12.5. The lowest BCUT2D eigenvalue weighted by atomic mass is 10.0. The van der Waals surface area contributed by atoms with E-state index >= 15 is 0 Å². The number of para-hydroxylation sites is 1. The molecule has 26 heavy (non-hydrogen) atoms. The lowest BCUT2D eigenvalue weighted by Gasteiger charge is -2.35. The number of carbonyl (C=O) groups is 1. The molecule has 0 aliphatic carbocycles. The number of nitrogens with zero attached hydrogens (tertiary/aromatic N) is 2. The Labute approximate surface area is 163 Å². The Morgan fingerprint density at radius 2 is 1.73 bits per heavy atom. The van der Waals surface area contributed by atoms with E-state index in [1.165, 1.54) is 0 Å². The van der Waals surface area contributed by atoms with Crippen LogP contribution >= 0.6 is 0 Å². The van der Waals surface area contributed by atoms with Gasteiger partial charge in [0.05, 0.1) is 0 Å². The number of ether oxygens (including phenoxy) is 1. The maximum Gasteiger partial charge on any atom is 1.00 e. The average molecular weight is 375 g/mol. The van der Waals surface area contributed by atoms with Gasteiger partial charge in [0.2, 0.25) is 0 Å². The summed E-state index contributed by atoms with van der Waals surface area (Å²) in [4.78, 5) is 16.7. The van der Waals surface area contributed by atoms with Gasteiger partial charge in [-0.05, 0) is 44.6 Å². The van der Waals surface area contributed by atoms with Crippen LogP contribution in [0.15, 0.2) is 54.6 Å². The normalized spacial score (nSPS) is 15.2. The third kappa shape index (κ3) is 4.99. The minimum atomic E-state index is 0. The van der Waals surface area contributed by atoms with Crippen molar-refractivity contribution in [1.29, 1.82) is 0 Å². The highest BCUT2D eigenvalue weighted by molar-refractivity contribution is 5.78. The van der Waals surface area contributed by atoms with E-state index in [-0.39, 0.29) is 26.3 Å². The third-order valence-corrected chi connectivity index (χ3v) is 4.95. The van der Waals surface area contributed by atoms with Gasteiger partial charge >= 0.3 is 1.43 Å². The first-order chi connectivity index (χ1) is 12.1. The molecule has 1 saturated heterocycles. The minimum Gasteiger partial charge on any atom is -1.00 e. The van der Waals surface area contributed by atoms with E-state index < -0.39 is 0 Å². The summed E-state index contributed by atoms with van der Waals surface area (Å²) in [6.45, 7) is 2.16. The molecule has 1 aliphatic rings. The summed E-state index contributed by atoms with van der Waals surface area (Å²) in [7, 11) is 4.02. The van der Waals surface area contributed by atoms with Gasteiger partial charge < -0.3 is 26.9 Å². The molecule has 0 atom stereocenters. The Kier molecular flexibility index (Phi) is 7.49. The highest BCUT2D eigenvalue weighted by Gasteiger charge is 2.24. The Hall–Kier alpha value is -2.04. The number of hydrogen-bond donors (Lipinski definition) is 0. The van der Waals surface area contributed by atoms with Gasteiger partial charge in [0.15, 0.2) is 6.61 Å². The van der Waals surface area contributed by atoms with Crippen LogP contribution in [-0.4, -0.2) is 55.5 Å². The zero-order valence-corrected chi connectivity index (χ0v) is 16.2. The molecule has 0 saturated carbocycles. The Morgan fingerprint density at radius 1 is 1.12 bits per heavy atom. The summed E-state index contributed by atoms with van der Waals surface area (Å²) in [6.07, 6.45) is 2.05. The summed E-state index contributed by atoms with van der Waals surface area (Å²) >= 11 is 0. The maximum atomic E-state index is 12.5. The number of rotatable bonds is 5. The van der Waals surface area contributed by atoms with Crippen LogP contribution in [0.25, 0.3) is 11.1 Å². The van der Waals surface area contributed by atoms with Gasteiger partial charge in [-0.1, -0.05) is 48.5 Å². The number of amides is 1. The van der Waals surface area contributed by atoms with Crippen molar-refractivity contribution in [2.24, 2.45) is 0 Å². The molecule has 0 spiro atoms. The second-order valence-corrected chi connectivity index (χ2v) is 6.69. The van der Waals surface area contributed by atoms with Crippen molar-refractivity contribution in [3.63, 3.8) is 0 Å². The SMILES string of the molecule is CN1CCC(N(C)C(=O)COc2ccccc2-c2ccccc2)CC1.[Cl-].[H+]. The smallest absolute Gasteiger partial charge is 1.00 e. The lowest BCUT2D eigenvalue weighted by molar-refractivity contribution is -0.134. The van der Waals surface area contributed by atoms with E-state index in [4.69, 9.17) is 4.74 Å². The minimum absolute atomic E-state index is 0. The van der Waals surface area contributed by atoms with E-state index in [2.05, 4.69) is 24.1 Å². The fraction of sp³-hybridized carbons (Fsp3) is 0.381. The van der Waals surface area contributed by atoms with Gasteiger partial charge in [-0.15, -0.1) is 0 Å². The van der Waals surface area contributed by atoms with Gasteiger partial charge in [-0.2, -0.15) is 0 Å². The summed E-state index contributed by atoms with van der Waals surface area (Å²) in [5, 5.41) is 0. The van der Waals surface area contributed by atoms with Gasteiger partial charge in [0, 0.05) is 18.7 Å². The van der Waals surface area contributed by atoms with Crippen molar-refractivity contribution in [2.45, 2.75) is 18.9 Å². The highest BCUT2D eigenvalue weighted by Crippen LogP contribution is 2.29. The predicted molar refractivity (Wildman–Crippen MR) is 102 cm³/mol. The molecule has 4 nitrogen and oxygen atoms in total. The van der Waals surface area contributed by atoms with Crippen molar-refractivity contribution < 1.29 is 23.4 Å². The van der Waals surface area contributed by atoms with Gasteiger partial charge in [0.1, 0.15) is 5.75 Å². The van der Waals surface area contributed by atoms with Crippen LogP contribution in [0.3, 0.4) is 0 Å². The van der Waals surface area contributed by atoms with Gasteiger partial charge in [0.25, 0.3) is 5.91 Å². The number of carbonyl (C=O) groups excluding carboxylic acids is 1. The lowest BCUT2D eigenvalue weighted by Crippen LogP contribution is -3.00. The first-order valence-corrected chi connectivity index (χ1v) is 8.86. The molecule has 1 amide bonds. The quantitative estimate of drug-likeness (QED) is 0.759. The second-order valence-electron chi connectivity index (χ2n) is 6.69. The summed E-state index contributed by atoms with van der Waals surface area (Å²) in [5.41, 5.74) is 2.10. The van der Waals surface area contributed by atoms with Crippen molar-refractivity contribution in [1.82, 2.24) is 9.80 Å². The molecule has 0 aromatic heterocycles. The average Bonchev–Trinajstić information content (AvgIpc) is 2.67. The molecule has 0 unspecified atom stereocenters. The van der Waals surface area contributed by atoms with Crippen molar-refractivity contribution >= 4 is 5.91 Å². The van der Waals surface area contributed by atoms with Crippen molar-refractivity contribution in [3.8, 4) is 16.9 Å². The number of likely N-dealkylation sites (N-methyl/N-ethyl adjacent to an activating group) is 1. The molecule has 2 aromatic rings. The number of halogens is 1. The molecule has 0 radical (unpaired) electrons. The third-order valence-electron chi connectivity index (χ3n) is 4.95. The fourth-order valence-corrected chi connectivity index (χ4v) is 3.28. The van der Waals surface area contributed by atoms with E-state index in [1.807, 2.05) is 54.4 Å². The Balaban J connectivity index is 0.00000182. The molecular formula is C21H27ClN2O2. The zero-order chi connectivity index (χ0) is 17.6. The van der Waals surface area contributed by atoms with E-state index in [9.17, 15) is 4.79 Å². The van der Waals surface area contributed by atoms with E-state index in [1.54, 1.807) is 0 Å². The molecule has 140 valence electrons. The molecule has 3 rings (SSSR count). The summed E-state index contributed by atoms with van der Waals surface area (Å²) < 4.78 is 5.88. The first-order valence-electron chi connectivity index (χ1n) is 8.86. The molecule has 0 bridgehead atoms. The van der Waals surface area contributed by atoms with Crippen LogP contribution in [0.4, 0.5) is 0 Å². The number of benzene rings is 2. The highest BCUT2D eigenvalue weighted by atomic mass is 35.5. The van der Waals surface area contributed by atoms with Crippen LogP contribution in [0, 0.1) is 0 Å². The number of hydrogen-bond acceptors (Lipinski definition) is 3. The predicted octanol–water partition coefficient (Wildman–Crippen LogP) is 0.402. The monoisotopic (exact) mass is 374 g/mol. The topological polar surface area (TPSA) is 32.8 Å². The number of likely N-dealkylation sites (tertiary alicyclic amines) is 1. The van der Waals surface area contributed by atoms with Crippen molar-refractivity contribution in [3.05, 3.63) is 54.6 Å². The van der Waals surface area contributed by atoms with Gasteiger partial charge in [-0.3, -0.25) is 4.79 Å². The first kappa shape index (κ1) is 20.3. The second kappa shape index (κ2) is 9.60. The summed E-state index contributed by atoms with van der Waals surface area (Å²) in [6, 6.07) is 18.3. The summed E-state index contributed by atoms with van der Waals surface area (Å²) in [5.74, 6) is 0.788. The molecule has 1 aliphatic heterocycles. The zero-order valence-electron chi connectivity index (χ0n) is 16.4. The van der Waals surface area contributed by atoms with Crippen LogP contribution in [0.2, 0.25) is 0 Å². The van der Waals surface area contributed by atoms with Crippen LogP contribution in [0.1, 0.15) is 14.3 Å². The Bertz CT molecular complexity index is 706. The molecule has 0 N–H and O–H groups in total. The number of piperidine rings is 1. The van der Waals surface area contributed by atoms with Crippen LogP contribution in [0.5, 0.6) is 5.75 Å². The van der Waals surface area contributed by atoms with E-state index in [0.29, 0.717) is 6.04 Å². The van der Waals surface area contributed by atoms with Crippen LogP contribution < -0.4 is 17.1 Å². The molecule has 2 aromatic carbocycles. The van der Waals surface area contributed by atoms with Crippen molar-refractivity contribution in [2.75, 3.05) is 33.8 Å². The standard InChI is InChI=1S/C21H26N2O2.ClH/c1-22-14-12-18(13-15-22)23(2)21(24)16-25-20-11-7-6-10-19(20)17-8-4-3-5-9-17;/h3-11,18H,12-16H2,1-2H3;1H. The molecule has 1 fully saturated rings.